The zero-order chi connectivity index (χ0) is 24.0. The molecule has 0 N–H and O–H groups in total. The second-order valence-electron chi connectivity index (χ2n) is 9.13. The maximum absolute atomic E-state index is 13.2. The number of fused-ring (bicyclic) bond motifs is 1. The van der Waals surface area contributed by atoms with Gasteiger partial charge >= 0.3 is 0 Å². The third-order valence-electron chi connectivity index (χ3n) is 6.85. The number of aryl methyl sites for hydroxylation is 1. The Morgan fingerprint density at radius 1 is 0.743 bits per heavy atom. The molecular weight excluding hydrogens is 434 g/mol. The fourth-order valence-corrected chi connectivity index (χ4v) is 4.89. The molecule has 35 heavy (non-hydrogen) atoms. The van der Waals surface area contributed by atoms with Crippen molar-refractivity contribution in [1.29, 1.82) is 0 Å². The van der Waals surface area contributed by atoms with Crippen molar-refractivity contribution in [2.24, 2.45) is 0 Å². The summed E-state index contributed by atoms with van der Waals surface area (Å²) in [5, 5.41) is 0. The Kier molecular flexibility index (Phi) is 6.94. The molecule has 0 unspecified atom stereocenters. The first-order valence-electron chi connectivity index (χ1n) is 12.4. The first kappa shape index (κ1) is 22.9. The number of para-hydroxylation sites is 1. The molecule has 0 saturated carbocycles. The number of nitrogens with zero attached hydrogens (tertiary/aromatic N) is 3. The second kappa shape index (κ2) is 10.6. The molecule has 2 aliphatic rings. The lowest BCUT2D eigenvalue weighted by Crippen LogP contribution is -2.37. The van der Waals surface area contributed by atoms with Crippen LogP contribution in [0.15, 0.2) is 84.9 Å². The van der Waals surface area contributed by atoms with Gasteiger partial charge in [0.25, 0.3) is 5.91 Å². The highest BCUT2D eigenvalue weighted by molar-refractivity contribution is 5.95. The molecule has 5 rings (SSSR count). The summed E-state index contributed by atoms with van der Waals surface area (Å²) in [6, 6.07) is 26.4. The van der Waals surface area contributed by atoms with Crippen LogP contribution in [0, 0.1) is 0 Å². The Morgan fingerprint density at radius 2 is 1.46 bits per heavy atom. The molecule has 2 aliphatic heterocycles. The minimum Gasteiger partial charge on any atom is -0.341 e. The van der Waals surface area contributed by atoms with E-state index in [1.54, 1.807) is 0 Å². The minimum absolute atomic E-state index is 0.0362. The number of hydrogen-bond donors (Lipinski definition) is 0. The molecule has 2 heterocycles. The van der Waals surface area contributed by atoms with Crippen molar-refractivity contribution in [3.8, 4) is 0 Å². The van der Waals surface area contributed by atoms with Gasteiger partial charge in [-0.15, -0.1) is 0 Å². The van der Waals surface area contributed by atoms with Crippen molar-refractivity contribution >= 4 is 29.3 Å². The van der Waals surface area contributed by atoms with Crippen LogP contribution in [-0.2, 0) is 11.2 Å². The average molecular weight is 466 g/mol. The van der Waals surface area contributed by atoms with E-state index in [0.717, 1.165) is 25.1 Å². The molecule has 1 saturated heterocycles. The number of carbonyl (C=O) groups is 2. The first-order chi connectivity index (χ1) is 17.2. The Morgan fingerprint density at radius 3 is 2.29 bits per heavy atom. The molecule has 5 heteroatoms. The van der Waals surface area contributed by atoms with Gasteiger partial charge in [0.05, 0.1) is 0 Å². The van der Waals surface area contributed by atoms with Gasteiger partial charge in [-0.05, 0) is 54.3 Å². The summed E-state index contributed by atoms with van der Waals surface area (Å²) in [6.45, 7) is 3.35. The fourth-order valence-electron chi connectivity index (χ4n) is 4.89. The van der Waals surface area contributed by atoms with E-state index in [4.69, 9.17) is 0 Å². The Labute approximate surface area is 207 Å². The van der Waals surface area contributed by atoms with E-state index in [2.05, 4.69) is 47.4 Å². The molecule has 3 aromatic carbocycles. The summed E-state index contributed by atoms with van der Waals surface area (Å²) in [5.74, 6) is 0.206. The first-order valence-corrected chi connectivity index (χ1v) is 12.4. The standard InChI is InChI=1S/C30H31N3O2/c34-29(18-13-24-8-2-1-3-9-24)31-19-7-20-32(23-22-31)30(35)26-14-16-27(17-15-26)33-21-6-11-25-10-4-5-12-28(25)33/h1-6,8-12,14-17H,7,13,18-23H2. The molecule has 0 radical (unpaired) electrons. The van der Waals surface area contributed by atoms with Gasteiger partial charge in [0.2, 0.25) is 5.91 Å². The molecule has 1 fully saturated rings. The molecule has 0 atom stereocenters. The maximum atomic E-state index is 13.2. The van der Waals surface area contributed by atoms with Gasteiger partial charge in [-0.1, -0.05) is 60.7 Å². The van der Waals surface area contributed by atoms with Crippen LogP contribution in [0.5, 0.6) is 0 Å². The van der Waals surface area contributed by atoms with Crippen LogP contribution in [0.3, 0.4) is 0 Å². The predicted molar refractivity (Wildman–Crippen MR) is 141 cm³/mol. The van der Waals surface area contributed by atoms with Crippen molar-refractivity contribution < 1.29 is 9.59 Å². The SMILES string of the molecule is O=C(CCc1ccccc1)N1CCCN(C(=O)c2ccc(N3CC=Cc4ccccc43)cc2)CC1. The van der Waals surface area contributed by atoms with Gasteiger partial charge in [-0.25, -0.2) is 0 Å². The quantitative estimate of drug-likeness (QED) is 0.523. The largest absolute Gasteiger partial charge is 0.341 e. The second-order valence-corrected chi connectivity index (χ2v) is 9.13. The van der Waals surface area contributed by atoms with Crippen molar-refractivity contribution in [3.63, 3.8) is 0 Å². The Balaban J connectivity index is 1.18. The highest BCUT2D eigenvalue weighted by Gasteiger charge is 2.23. The van der Waals surface area contributed by atoms with Crippen molar-refractivity contribution in [2.75, 3.05) is 37.6 Å². The monoisotopic (exact) mass is 465 g/mol. The van der Waals surface area contributed by atoms with Crippen LogP contribution in [-0.4, -0.2) is 54.3 Å². The molecule has 178 valence electrons. The molecule has 5 nitrogen and oxygen atoms in total. The zero-order valence-corrected chi connectivity index (χ0v) is 20.0. The third-order valence-corrected chi connectivity index (χ3v) is 6.85. The van der Waals surface area contributed by atoms with E-state index in [1.165, 1.54) is 16.8 Å². The van der Waals surface area contributed by atoms with Gasteiger partial charge in [-0.2, -0.15) is 0 Å². The van der Waals surface area contributed by atoms with Gasteiger partial charge in [0.1, 0.15) is 0 Å². The molecule has 0 aliphatic carbocycles. The Hall–Kier alpha value is -3.86. The molecule has 0 spiro atoms. The summed E-state index contributed by atoms with van der Waals surface area (Å²) >= 11 is 0. The lowest BCUT2D eigenvalue weighted by molar-refractivity contribution is -0.131. The molecule has 0 bridgehead atoms. The number of anilines is 2. The van der Waals surface area contributed by atoms with Gasteiger partial charge in [0, 0.05) is 56.1 Å². The smallest absolute Gasteiger partial charge is 0.253 e. The zero-order valence-electron chi connectivity index (χ0n) is 20.0. The summed E-state index contributed by atoms with van der Waals surface area (Å²) in [6.07, 6.45) is 6.37. The van der Waals surface area contributed by atoms with Gasteiger partial charge in [0.15, 0.2) is 0 Å². The Bertz CT molecular complexity index is 1200. The van der Waals surface area contributed by atoms with E-state index >= 15 is 0 Å². The van der Waals surface area contributed by atoms with E-state index in [9.17, 15) is 9.59 Å². The topological polar surface area (TPSA) is 43.9 Å². The summed E-state index contributed by atoms with van der Waals surface area (Å²) in [7, 11) is 0. The van der Waals surface area contributed by atoms with Crippen molar-refractivity contribution in [3.05, 3.63) is 102 Å². The van der Waals surface area contributed by atoms with E-state index < -0.39 is 0 Å². The van der Waals surface area contributed by atoms with E-state index in [0.29, 0.717) is 38.2 Å². The summed E-state index contributed by atoms with van der Waals surface area (Å²) in [4.78, 5) is 32.0. The molecule has 3 aromatic rings. The van der Waals surface area contributed by atoms with Crippen molar-refractivity contribution in [1.82, 2.24) is 9.80 Å². The van der Waals surface area contributed by atoms with E-state index in [1.807, 2.05) is 58.3 Å². The summed E-state index contributed by atoms with van der Waals surface area (Å²) in [5.41, 5.74) is 5.33. The molecule has 2 amide bonds. The number of hydrogen-bond acceptors (Lipinski definition) is 3. The lowest BCUT2D eigenvalue weighted by Gasteiger charge is -2.28. The van der Waals surface area contributed by atoms with Crippen LogP contribution in [0.4, 0.5) is 11.4 Å². The number of rotatable bonds is 5. The lowest BCUT2D eigenvalue weighted by atomic mass is 10.1. The van der Waals surface area contributed by atoms with E-state index in [-0.39, 0.29) is 11.8 Å². The number of benzene rings is 3. The maximum Gasteiger partial charge on any atom is 0.253 e. The normalized spacial score (nSPS) is 15.5. The number of amides is 2. The third kappa shape index (κ3) is 5.29. The van der Waals surface area contributed by atoms with Crippen LogP contribution >= 0.6 is 0 Å². The predicted octanol–water partition coefficient (Wildman–Crippen LogP) is 5.16. The van der Waals surface area contributed by atoms with Crippen LogP contribution < -0.4 is 4.90 Å². The van der Waals surface area contributed by atoms with Crippen LogP contribution in [0.25, 0.3) is 6.08 Å². The minimum atomic E-state index is 0.0362. The van der Waals surface area contributed by atoms with Crippen molar-refractivity contribution in [2.45, 2.75) is 19.3 Å². The summed E-state index contributed by atoms with van der Waals surface area (Å²) < 4.78 is 0. The van der Waals surface area contributed by atoms with Gasteiger partial charge < -0.3 is 14.7 Å². The fraction of sp³-hybridized carbons (Fsp3) is 0.267. The number of carbonyl (C=O) groups excluding carboxylic acids is 2. The van der Waals surface area contributed by atoms with Crippen LogP contribution in [0.2, 0.25) is 0 Å². The van der Waals surface area contributed by atoms with Crippen LogP contribution in [0.1, 0.15) is 34.3 Å². The highest BCUT2D eigenvalue weighted by Crippen LogP contribution is 2.32. The van der Waals surface area contributed by atoms with Gasteiger partial charge in [-0.3, -0.25) is 9.59 Å². The molecular formula is C30H31N3O2. The molecule has 0 aromatic heterocycles. The highest BCUT2D eigenvalue weighted by atomic mass is 16.2. The average Bonchev–Trinajstić information content (AvgIpc) is 3.18.